The molecule has 1 aliphatic rings. The molecular formula is C22H20ClN5O3. The summed E-state index contributed by atoms with van der Waals surface area (Å²) in [6, 6.07) is 8.94. The molecule has 2 aromatic heterocycles. The second kappa shape index (κ2) is 8.66. The average Bonchev–Trinajstić information content (AvgIpc) is 3.09. The number of nitrogens with zero attached hydrogens (tertiary/aromatic N) is 4. The zero-order valence-corrected chi connectivity index (χ0v) is 17.8. The van der Waals surface area contributed by atoms with Crippen LogP contribution < -0.4 is 14.8 Å². The number of halogens is 1. The number of nitrogens with one attached hydrogen (secondary N) is 1. The van der Waals surface area contributed by atoms with Gasteiger partial charge in [-0.2, -0.15) is 9.78 Å². The van der Waals surface area contributed by atoms with Crippen molar-refractivity contribution in [2.45, 2.75) is 26.2 Å². The highest BCUT2D eigenvalue weighted by Crippen LogP contribution is 2.42. The standard InChI is InChI=1S/C22H20ClN5O3/c1-4-10-31-16-7-6-14(11-17(16)30-5-2)15-12-20(29)24-22-21(15)13(3)27-28(22)19-9-8-18(23)25-26-19/h1,6-9,11,15H,5,10,12H2,2-3H3,(H,24,29)/t15-/m1/s1. The third-order valence-corrected chi connectivity index (χ3v) is 5.12. The van der Waals surface area contributed by atoms with Crippen LogP contribution in [0.5, 0.6) is 11.5 Å². The van der Waals surface area contributed by atoms with Crippen molar-refractivity contribution < 1.29 is 14.3 Å². The Bertz CT molecular complexity index is 1170. The number of fused-ring (bicyclic) bond motifs is 1. The second-order valence-electron chi connectivity index (χ2n) is 6.91. The van der Waals surface area contributed by atoms with E-state index < -0.39 is 0 Å². The molecule has 1 aliphatic heterocycles. The number of carbonyl (C=O) groups is 1. The van der Waals surface area contributed by atoms with Crippen molar-refractivity contribution >= 4 is 23.3 Å². The van der Waals surface area contributed by atoms with Crippen LogP contribution in [-0.2, 0) is 4.79 Å². The molecule has 158 valence electrons. The van der Waals surface area contributed by atoms with Crippen LogP contribution in [0.15, 0.2) is 30.3 Å². The van der Waals surface area contributed by atoms with Gasteiger partial charge in [-0.15, -0.1) is 16.6 Å². The number of anilines is 1. The summed E-state index contributed by atoms with van der Waals surface area (Å²) in [4.78, 5) is 12.6. The van der Waals surface area contributed by atoms with Crippen molar-refractivity contribution in [1.82, 2.24) is 20.0 Å². The third-order valence-electron chi connectivity index (χ3n) is 4.92. The van der Waals surface area contributed by atoms with Crippen LogP contribution >= 0.6 is 11.6 Å². The first-order valence-corrected chi connectivity index (χ1v) is 10.1. The van der Waals surface area contributed by atoms with E-state index in [0.29, 0.717) is 29.7 Å². The number of carbonyl (C=O) groups excluding carboxylic acids is 1. The Morgan fingerprint density at radius 3 is 2.81 bits per heavy atom. The van der Waals surface area contributed by atoms with E-state index in [2.05, 4.69) is 26.5 Å². The fourth-order valence-corrected chi connectivity index (χ4v) is 3.77. The first-order valence-electron chi connectivity index (χ1n) is 9.73. The van der Waals surface area contributed by atoms with Gasteiger partial charge in [0.05, 0.1) is 12.3 Å². The summed E-state index contributed by atoms with van der Waals surface area (Å²) < 4.78 is 12.9. The lowest BCUT2D eigenvalue weighted by Gasteiger charge is -2.25. The van der Waals surface area contributed by atoms with Gasteiger partial charge in [-0.3, -0.25) is 4.79 Å². The molecule has 0 saturated heterocycles. The SMILES string of the molecule is C#CCOc1ccc([C@H]2CC(=O)Nc3c2c(C)nn3-c2ccc(Cl)nn2)cc1OCC. The quantitative estimate of drug-likeness (QED) is 0.593. The molecule has 1 amide bonds. The number of aryl methyl sites for hydroxylation is 1. The first-order chi connectivity index (χ1) is 15.0. The van der Waals surface area contributed by atoms with Crippen LogP contribution in [0, 0.1) is 19.3 Å². The van der Waals surface area contributed by atoms with Crippen molar-refractivity contribution in [3.8, 4) is 29.7 Å². The molecule has 0 radical (unpaired) electrons. The number of terminal acetylenes is 1. The Kier molecular flexibility index (Phi) is 5.78. The lowest BCUT2D eigenvalue weighted by molar-refractivity contribution is -0.116. The lowest BCUT2D eigenvalue weighted by Crippen LogP contribution is -2.25. The van der Waals surface area contributed by atoms with Crippen LogP contribution in [0.4, 0.5) is 5.82 Å². The van der Waals surface area contributed by atoms with Gasteiger partial charge in [0.15, 0.2) is 22.5 Å². The van der Waals surface area contributed by atoms with Gasteiger partial charge in [0, 0.05) is 17.9 Å². The Hall–Kier alpha value is -3.57. The number of hydrogen-bond donors (Lipinski definition) is 1. The minimum Gasteiger partial charge on any atom is -0.490 e. The smallest absolute Gasteiger partial charge is 0.226 e. The van der Waals surface area contributed by atoms with Gasteiger partial charge >= 0.3 is 0 Å². The highest BCUT2D eigenvalue weighted by atomic mass is 35.5. The van der Waals surface area contributed by atoms with Crippen LogP contribution in [0.1, 0.15) is 36.1 Å². The topological polar surface area (TPSA) is 91.2 Å². The molecule has 0 unspecified atom stereocenters. The largest absolute Gasteiger partial charge is 0.490 e. The van der Waals surface area contributed by atoms with Gasteiger partial charge in [-0.05, 0) is 43.7 Å². The van der Waals surface area contributed by atoms with Gasteiger partial charge < -0.3 is 14.8 Å². The van der Waals surface area contributed by atoms with Crippen molar-refractivity contribution in [1.29, 1.82) is 0 Å². The Balaban J connectivity index is 1.78. The minimum absolute atomic E-state index is 0.119. The first kappa shape index (κ1) is 20.7. The zero-order valence-electron chi connectivity index (χ0n) is 17.1. The minimum atomic E-state index is -0.210. The number of ether oxygens (including phenoxy) is 2. The van der Waals surface area contributed by atoms with Crippen molar-refractivity contribution in [3.05, 3.63) is 52.3 Å². The normalized spacial score (nSPS) is 15.0. The summed E-state index contributed by atoms with van der Waals surface area (Å²) in [7, 11) is 0. The van der Waals surface area contributed by atoms with E-state index in [4.69, 9.17) is 27.5 Å². The van der Waals surface area contributed by atoms with E-state index in [1.54, 1.807) is 16.8 Å². The molecule has 4 rings (SSSR count). The third kappa shape index (κ3) is 4.05. The number of rotatable bonds is 6. The molecular weight excluding hydrogens is 418 g/mol. The second-order valence-corrected chi connectivity index (χ2v) is 7.30. The maximum Gasteiger partial charge on any atom is 0.226 e. The van der Waals surface area contributed by atoms with Gasteiger partial charge in [-0.1, -0.05) is 23.6 Å². The summed E-state index contributed by atoms with van der Waals surface area (Å²) in [5, 5.41) is 15.8. The Morgan fingerprint density at radius 1 is 1.26 bits per heavy atom. The highest BCUT2D eigenvalue weighted by molar-refractivity contribution is 6.29. The van der Waals surface area contributed by atoms with Crippen LogP contribution in [0.25, 0.3) is 5.82 Å². The van der Waals surface area contributed by atoms with Crippen LogP contribution in [-0.4, -0.2) is 39.1 Å². The van der Waals surface area contributed by atoms with Crippen molar-refractivity contribution in [3.63, 3.8) is 0 Å². The molecule has 1 atom stereocenters. The molecule has 9 heteroatoms. The molecule has 8 nitrogen and oxygen atoms in total. The van der Waals surface area contributed by atoms with E-state index in [1.165, 1.54) is 0 Å². The molecule has 0 fully saturated rings. The molecule has 1 N–H and O–H groups in total. The number of hydrogen-bond acceptors (Lipinski definition) is 6. The fraction of sp³-hybridized carbons (Fsp3) is 0.273. The summed E-state index contributed by atoms with van der Waals surface area (Å²) in [5.74, 6) is 4.30. The van der Waals surface area contributed by atoms with Gasteiger partial charge in [0.2, 0.25) is 5.91 Å². The highest BCUT2D eigenvalue weighted by Gasteiger charge is 2.33. The summed E-state index contributed by atoms with van der Waals surface area (Å²) >= 11 is 5.85. The summed E-state index contributed by atoms with van der Waals surface area (Å²) in [6.45, 7) is 4.41. The molecule has 0 aliphatic carbocycles. The molecule has 3 aromatic rings. The van der Waals surface area contributed by atoms with Crippen LogP contribution in [0.2, 0.25) is 5.15 Å². The molecule has 0 saturated carbocycles. The van der Waals surface area contributed by atoms with E-state index in [0.717, 1.165) is 16.8 Å². The molecule has 0 bridgehead atoms. The predicted molar refractivity (Wildman–Crippen MR) is 116 cm³/mol. The zero-order chi connectivity index (χ0) is 22.0. The lowest BCUT2D eigenvalue weighted by atomic mass is 9.85. The van der Waals surface area contributed by atoms with E-state index in [9.17, 15) is 4.79 Å². The predicted octanol–water partition coefficient (Wildman–Crippen LogP) is 3.51. The van der Waals surface area contributed by atoms with Crippen molar-refractivity contribution in [2.75, 3.05) is 18.5 Å². The van der Waals surface area contributed by atoms with E-state index in [-0.39, 0.29) is 30.0 Å². The number of aromatic nitrogens is 4. The number of benzene rings is 1. The van der Waals surface area contributed by atoms with Gasteiger partial charge in [0.25, 0.3) is 0 Å². The fourth-order valence-electron chi connectivity index (χ4n) is 3.67. The monoisotopic (exact) mass is 437 g/mol. The molecule has 3 heterocycles. The Morgan fingerprint density at radius 2 is 2.10 bits per heavy atom. The maximum absolute atomic E-state index is 12.6. The molecule has 1 aromatic carbocycles. The van der Waals surface area contributed by atoms with E-state index >= 15 is 0 Å². The van der Waals surface area contributed by atoms with Gasteiger partial charge in [0.1, 0.15) is 12.4 Å². The summed E-state index contributed by atoms with van der Waals surface area (Å²) in [6.07, 6.45) is 5.58. The van der Waals surface area contributed by atoms with E-state index in [1.807, 2.05) is 32.0 Å². The average molecular weight is 438 g/mol. The van der Waals surface area contributed by atoms with Crippen molar-refractivity contribution in [2.24, 2.45) is 0 Å². The number of amides is 1. The molecule has 0 spiro atoms. The molecule has 31 heavy (non-hydrogen) atoms. The maximum atomic E-state index is 12.6. The summed E-state index contributed by atoms with van der Waals surface area (Å²) in [5.41, 5.74) is 2.61. The Labute approximate surface area is 184 Å². The van der Waals surface area contributed by atoms with Crippen LogP contribution in [0.3, 0.4) is 0 Å². The van der Waals surface area contributed by atoms with Gasteiger partial charge in [-0.25, -0.2) is 0 Å².